The second-order valence-electron chi connectivity index (χ2n) is 5.94. The van der Waals surface area contributed by atoms with Crippen LogP contribution in [0.15, 0.2) is 6.20 Å². The summed E-state index contributed by atoms with van der Waals surface area (Å²) >= 11 is 0. The summed E-state index contributed by atoms with van der Waals surface area (Å²) in [7, 11) is 0. The van der Waals surface area contributed by atoms with Gasteiger partial charge < -0.3 is 9.80 Å². The Kier molecular flexibility index (Phi) is 4.03. The van der Waals surface area contributed by atoms with Crippen LogP contribution >= 0.6 is 0 Å². The summed E-state index contributed by atoms with van der Waals surface area (Å²) < 4.78 is 37.2. The molecule has 126 valence electrons. The number of hydrogen-bond acceptors (Lipinski definition) is 3. The van der Waals surface area contributed by atoms with E-state index in [9.17, 15) is 22.8 Å². The number of carbonyl (C=O) groups excluding carboxylic acids is 2. The third-order valence-electron chi connectivity index (χ3n) is 4.35. The number of nitrogens with zero attached hydrogens (tertiary/aromatic N) is 3. The summed E-state index contributed by atoms with van der Waals surface area (Å²) in [5.41, 5.74) is 1.77. The van der Waals surface area contributed by atoms with E-state index in [-0.39, 0.29) is 31.5 Å². The second-order valence-corrected chi connectivity index (χ2v) is 5.94. The van der Waals surface area contributed by atoms with Crippen molar-refractivity contribution >= 4 is 11.8 Å². The van der Waals surface area contributed by atoms with Crippen molar-refractivity contribution in [1.29, 1.82) is 0 Å². The normalized spacial score (nSPS) is 22.2. The fourth-order valence-electron chi connectivity index (χ4n) is 3.22. The maximum absolute atomic E-state index is 12.6. The van der Waals surface area contributed by atoms with Crippen molar-refractivity contribution in [3.8, 4) is 0 Å². The highest BCUT2D eigenvalue weighted by atomic mass is 19.4. The molecule has 1 unspecified atom stereocenters. The highest BCUT2D eigenvalue weighted by molar-refractivity contribution is 5.89. The van der Waals surface area contributed by atoms with E-state index < -0.39 is 18.6 Å². The summed E-state index contributed by atoms with van der Waals surface area (Å²) in [6.07, 6.45) is -0.455. The standard InChI is InChI=1S/C14H17F3N4O2/c15-14(16,17)8-21-5-4-20(7-12(21)22)13(23)9-2-1-3-11-10(9)6-18-19-11/h6,9H,1-5,7-8H2,(H,18,19). The van der Waals surface area contributed by atoms with Gasteiger partial charge in [0.1, 0.15) is 6.54 Å². The number of alkyl halides is 3. The fraction of sp³-hybridized carbons (Fsp3) is 0.643. The van der Waals surface area contributed by atoms with Crippen LogP contribution in [-0.4, -0.2) is 64.2 Å². The summed E-state index contributed by atoms with van der Waals surface area (Å²) in [5, 5.41) is 6.82. The van der Waals surface area contributed by atoms with Crippen LogP contribution < -0.4 is 0 Å². The molecular formula is C14H17F3N4O2. The molecule has 6 nitrogen and oxygen atoms in total. The number of aryl methyl sites for hydroxylation is 1. The van der Waals surface area contributed by atoms with E-state index in [0.29, 0.717) is 6.42 Å². The first-order valence-corrected chi connectivity index (χ1v) is 7.50. The zero-order valence-electron chi connectivity index (χ0n) is 12.4. The largest absolute Gasteiger partial charge is 0.406 e. The molecule has 1 N–H and O–H groups in total. The van der Waals surface area contributed by atoms with Gasteiger partial charge in [-0.3, -0.25) is 14.7 Å². The molecule has 3 rings (SSSR count). The van der Waals surface area contributed by atoms with Crippen molar-refractivity contribution in [2.45, 2.75) is 31.4 Å². The quantitative estimate of drug-likeness (QED) is 0.882. The summed E-state index contributed by atoms with van der Waals surface area (Å²) in [4.78, 5) is 26.6. The molecule has 0 bridgehead atoms. The van der Waals surface area contributed by atoms with Gasteiger partial charge in [-0.05, 0) is 19.3 Å². The number of aromatic amines is 1. The molecule has 0 radical (unpaired) electrons. The van der Waals surface area contributed by atoms with Crippen molar-refractivity contribution in [1.82, 2.24) is 20.0 Å². The van der Waals surface area contributed by atoms with E-state index in [2.05, 4.69) is 10.2 Å². The lowest BCUT2D eigenvalue weighted by atomic mass is 9.86. The average Bonchev–Trinajstić information content (AvgIpc) is 2.95. The molecule has 1 aromatic rings. The number of halogens is 3. The van der Waals surface area contributed by atoms with Crippen molar-refractivity contribution < 1.29 is 22.8 Å². The molecule has 2 amide bonds. The number of hydrogen-bond donors (Lipinski definition) is 1. The Bertz CT molecular complexity index is 613. The number of fused-ring (bicyclic) bond motifs is 1. The van der Waals surface area contributed by atoms with Gasteiger partial charge in [0, 0.05) is 24.3 Å². The van der Waals surface area contributed by atoms with Crippen molar-refractivity contribution in [3.63, 3.8) is 0 Å². The minimum absolute atomic E-state index is 0.0882. The van der Waals surface area contributed by atoms with E-state index in [0.717, 1.165) is 29.0 Å². The Balaban J connectivity index is 1.66. The molecule has 2 aliphatic rings. The molecule has 1 fully saturated rings. The zero-order chi connectivity index (χ0) is 16.6. The number of piperazine rings is 1. The molecule has 1 atom stereocenters. The summed E-state index contributed by atoms with van der Waals surface area (Å²) in [6, 6.07) is 0. The Labute approximate surface area is 130 Å². The lowest BCUT2D eigenvalue weighted by molar-refractivity contribution is -0.167. The van der Waals surface area contributed by atoms with Gasteiger partial charge in [-0.2, -0.15) is 18.3 Å². The zero-order valence-corrected chi connectivity index (χ0v) is 12.4. The van der Waals surface area contributed by atoms with Gasteiger partial charge >= 0.3 is 6.18 Å². The number of nitrogens with one attached hydrogen (secondary N) is 1. The molecule has 1 aliphatic carbocycles. The van der Waals surface area contributed by atoms with Crippen molar-refractivity contribution in [2.75, 3.05) is 26.2 Å². The Morgan fingerprint density at radius 3 is 2.87 bits per heavy atom. The van der Waals surface area contributed by atoms with Gasteiger partial charge in [-0.15, -0.1) is 0 Å². The Morgan fingerprint density at radius 1 is 1.39 bits per heavy atom. The van der Waals surface area contributed by atoms with Crippen LogP contribution in [0.2, 0.25) is 0 Å². The number of carbonyl (C=O) groups is 2. The fourth-order valence-corrected chi connectivity index (χ4v) is 3.22. The van der Waals surface area contributed by atoms with Gasteiger partial charge in [0.15, 0.2) is 0 Å². The third kappa shape index (κ3) is 3.32. The van der Waals surface area contributed by atoms with Gasteiger partial charge in [0.05, 0.1) is 18.7 Å². The van der Waals surface area contributed by atoms with Crippen LogP contribution in [0.1, 0.15) is 30.0 Å². The number of rotatable bonds is 2. The van der Waals surface area contributed by atoms with E-state index in [4.69, 9.17) is 0 Å². The minimum Gasteiger partial charge on any atom is -0.331 e. The molecule has 23 heavy (non-hydrogen) atoms. The molecule has 1 aliphatic heterocycles. The van der Waals surface area contributed by atoms with Crippen molar-refractivity contribution in [3.05, 3.63) is 17.5 Å². The van der Waals surface area contributed by atoms with Crippen LogP contribution in [0.5, 0.6) is 0 Å². The first kappa shape index (κ1) is 15.8. The lowest BCUT2D eigenvalue weighted by Crippen LogP contribution is -2.55. The van der Waals surface area contributed by atoms with E-state index in [1.807, 2.05) is 0 Å². The molecule has 0 saturated carbocycles. The first-order valence-electron chi connectivity index (χ1n) is 7.50. The maximum atomic E-state index is 12.6. The Hall–Kier alpha value is -2.06. The highest BCUT2D eigenvalue weighted by Gasteiger charge is 2.38. The van der Waals surface area contributed by atoms with E-state index in [1.165, 1.54) is 4.90 Å². The van der Waals surface area contributed by atoms with Crippen molar-refractivity contribution in [2.24, 2.45) is 0 Å². The van der Waals surface area contributed by atoms with Crippen LogP contribution in [0.25, 0.3) is 0 Å². The average molecular weight is 330 g/mol. The molecule has 1 aromatic heterocycles. The van der Waals surface area contributed by atoms with Gasteiger partial charge in [0.25, 0.3) is 0 Å². The predicted octanol–water partition coefficient (Wildman–Crippen LogP) is 1.06. The van der Waals surface area contributed by atoms with Crippen LogP contribution in [0.4, 0.5) is 13.2 Å². The minimum atomic E-state index is -4.42. The second kappa shape index (κ2) is 5.86. The van der Waals surface area contributed by atoms with Gasteiger partial charge in [-0.25, -0.2) is 0 Å². The number of aromatic nitrogens is 2. The molecule has 9 heteroatoms. The van der Waals surface area contributed by atoms with E-state index >= 15 is 0 Å². The topological polar surface area (TPSA) is 69.3 Å². The van der Waals surface area contributed by atoms with Crippen LogP contribution in [0.3, 0.4) is 0 Å². The Morgan fingerprint density at radius 2 is 2.17 bits per heavy atom. The lowest BCUT2D eigenvalue weighted by Gasteiger charge is -2.36. The summed E-state index contributed by atoms with van der Waals surface area (Å²) in [5.74, 6) is -1.23. The predicted molar refractivity (Wildman–Crippen MR) is 73.5 cm³/mol. The molecule has 1 saturated heterocycles. The van der Waals surface area contributed by atoms with E-state index in [1.54, 1.807) is 6.20 Å². The third-order valence-corrected chi connectivity index (χ3v) is 4.35. The molecule has 0 aromatic carbocycles. The summed E-state index contributed by atoms with van der Waals surface area (Å²) in [6.45, 7) is -1.51. The number of amides is 2. The number of H-pyrrole nitrogens is 1. The molecular weight excluding hydrogens is 313 g/mol. The smallest absolute Gasteiger partial charge is 0.331 e. The highest BCUT2D eigenvalue weighted by Crippen LogP contribution is 2.32. The maximum Gasteiger partial charge on any atom is 0.406 e. The monoisotopic (exact) mass is 330 g/mol. The molecule has 0 spiro atoms. The van der Waals surface area contributed by atoms with Crippen LogP contribution in [0, 0.1) is 0 Å². The van der Waals surface area contributed by atoms with Gasteiger partial charge in [-0.1, -0.05) is 0 Å². The SMILES string of the molecule is O=C1CN(C(=O)C2CCCc3[nH]ncc32)CCN1CC(F)(F)F. The van der Waals surface area contributed by atoms with Crippen LogP contribution in [-0.2, 0) is 16.0 Å². The first-order chi connectivity index (χ1) is 10.8. The molecule has 2 heterocycles. The van der Waals surface area contributed by atoms with Gasteiger partial charge in [0.2, 0.25) is 11.8 Å².